The fraction of sp³-hybridized carbons (Fsp3) is 0.462. The molecule has 0 amide bonds. The molecule has 0 atom stereocenters. The summed E-state index contributed by atoms with van der Waals surface area (Å²) in [6.07, 6.45) is 7.60. The van der Waals surface area contributed by atoms with Crippen LogP contribution in [0.5, 0.6) is 0 Å². The molecule has 0 aliphatic heterocycles. The van der Waals surface area contributed by atoms with Gasteiger partial charge in [-0.25, -0.2) is 0 Å². The molecule has 5 rings (SSSR count). The van der Waals surface area contributed by atoms with Gasteiger partial charge in [0.1, 0.15) is 0 Å². The number of nitriles is 2. The smallest absolute Gasteiger partial charge is 0.314 e. The molecule has 0 spiro atoms. The van der Waals surface area contributed by atoms with Gasteiger partial charge in [0.15, 0.2) is 0 Å². The Hall–Kier alpha value is -2.93. The number of benzene rings is 3. The third kappa shape index (κ3) is 15.8. The number of halogens is 2. The fourth-order valence-electron chi connectivity index (χ4n) is 4.40. The standard InChI is InChI=1S/C11H11N.C11H12O2.C8H7N.C3H6Br2.3C2H6/c12-9-11(7-4-8-11)10-5-2-1-3-6-10;12-10(13)11(7-4-8-11)9-5-2-1-3-6-9;9-7-6-8-4-2-1-3-5-8;4-2-1-3-5;3*1-2/h1-3,5-6H,4,7-8H2;1-3,5-6H,4,7-8H2,(H,12,13);1-5H,6H2;1-3H2;3*1-2H3. The maximum Gasteiger partial charge on any atom is 0.314 e. The highest BCUT2D eigenvalue weighted by molar-refractivity contribution is 9.09. The Kier molecular flexibility index (Phi) is 28.0. The summed E-state index contributed by atoms with van der Waals surface area (Å²) in [4.78, 5) is 11.1. The number of carboxylic acids is 1. The topological polar surface area (TPSA) is 84.9 Å². The van der Waals surface area contributed by atoms with Gasteiger partial charge in [0.05, 0.1) is 29.4 Å². The van der Waals surface area contributed by atoms with Crippen LogP contribution in [0.4, 0.5) is 0 Å². The van der Waals surface area contributed by atoms with Crippen LogP contribution in [0, 0.1) is 22.7 Å². The van der Waals surface area contributed by atoms with Crippen molar-refractivity contribution in [3.8, 4) is 12.1 Å². The van der Waals surface area contributed by atoms with Gasteiger partial charge in [-0.05, 0) is 55.2 Å². The van der Waals surface area contributed by atoms with E-state index in [0.29, 0.717) is 6.42 Å². The number of aliphatic carboxylic acids is 1. The second-order valence-corrected chi connectivity index (χ2v) is 11.2. The average molecular weight is 743 g/mol. The lowest BCUT2D eigenvalue weighted by molar-refractivity contribution is -0.147. The number of nitrogens with zero attached hydrogens (tertiary/aromatic N) is 2. The predicted octanol–water partition coefficient (Wildman–Crippen LogP) is 11.8. The van der Waals surface area contributed by atoms with E-state index in [1.807, 2.05) is 120 Å². The Labute approximate surface area is 291 Å². The molecule has 4 nitrogen and oxygen atoms in total. The van der Waals surface area contributed by atoms with Crippen LogP contribution in [0.3, 0.4) is 0 Å². The normalized spacial score (nSPS) is 13.6. The molecule has 0 unspecified atom stereocenters. The number of alkyl halides is 2. The first-order chi connectivity index (χ1) is 22.0. The summed E-state index contributed by atoms with van der Waals surface area (Å²) >= 11 is 6.56. The first-order valence-electron chi connectivity index (χ1n) is 16.3. The highest BCUT2D eigenvalue weighted by Crippen LogP contribution is 2.44. The molecular formula is C39H54Br2N2O2. The van der Waals surface area contributed by atoms with E-state index < -0.39 is 11.4 Å². The molecule has 0 aromatic heterocycles. The zero-order valence-corrected chi connectivity index (χ0v) is 31.4. The lowest BCUT2D eigenvalue weighted by Crippen LogP contribution is -2.42. The van der Waals surface area contributed by atoms with E-state index >= 15 is 0 Å². The summed E-state index contributed by atoms with van der Waals surface area (Å²) in [5, 5.41) is 28.7. The van der Waals surface area contributed by atoms with Crippen LogP contribution >= 0.6 is 31.9 Å². The van der Waals surface area contributed by atoms with Gasteiger partial charge in [-0.2, -0.15) is 10.5 Å². The van der Waals surface area contributed by atoms with Crippen LogP contribution in [0.25, 0.3) is 0 Å². The van der Waals surface area contributed by atoms with Crippen molar-refractivity contribution in [1.82, 2.24) is 0 Å². The zero-order chi connectivity index (χ0) is 34.4. The molecule has 0 radical (unpaired) electrons. The summed E-state index contributed by atoms with van der Waals surface area (Å²) in [7, 11) is 0. The monoisotopic (exact) mass is 740 g/mol. The molecule has 6 heteroatoms. The minimum Gasteiger partial charge on any atom is -0.481 e. The van der Waals surface area contributed by atoms with Crippen molar-refractivity contribution in [3.05, 3.63) is 108 Å². The summed E-state index contributed by atoms with van der Waals surface area (Å²) in [6.45, 7) is 12.0. The van der Waals surface area contributed by atoms with Gasteiger partial charge >= 0.3 is 5.97 Å². The first kappa shape index (κ1) is 44.2. The number of carbonyl (C=O) groups is 1. The largest absolute Gasteiger partial charge is 0.481 e. The minimum atomic E-state index is -0.676. The van der Waals surface area contributed by atoms with E-state index in [1.165, 1.54) is 18.4 Å². The van der Waals surface area contributed by atoms with E-state index in [-0.39, 0.29) is 5.41 Å². The van der Waals surface area contributed by atoms with Gasteiger partial charge in [-0.3, -0.25) is 4.79 Å². The van der Waals surface area contributed by atoms with Gasteiger partial charge in [0.2, 0.25) is 0 Å². The molecule has 2 fully saturated rings. The highest BCUT2D eigenvalue weighted by atomic mass is 79.9. The molecule has 2 aliphatic carbocycles. The zero-order valence-electron chi connectivity index (χ0n) is 28.2. The number of hydrogen-bond donors (Lipinski definition) is 1. The average Bonchev–Trinajstić information content (AvgIpc) is 3.06. The lowest BCUT2D eigenvalue weighted by Gasteiger charge is -2.38. The molecule has 2 saturated carbocycles. The predicted molar refractivity (Wildman–Crippen MR) is 199 cm³/mol. The maximum atomic E-state index is 11.1. The van der Waals surface area contributed by atoms with Crippen molar-refractivity contribution < 1.29 is 9.90 Å². The van der Waals surface area contributed by atoms with Crippen molar-refractivity contribution >= 4 is 37.8 Å². The SMILES string of the molecule is BrCCCBr.CC.CC.CC.N#CC1(c2ccccc2)CCC1.N#CCc1ccccc1.O=C(O)C1(c2ccccc2)CCC1. The van der Waals surface area contributed by atoms with E-state index in [1.54, 1.807) is 0 Å². The highest BCUT2D eigenvalue weighted by Gasteiger charge is 2.45. The molecule has 0 saturated heterocycles. The molecular weight excluding hydrogens is 688 g/mol. The van der Waals surface area contributed by atoms with Crippen LogP contribution in [0.15, 0.2) is 91.0 Å². The molecule has 3 aromatic carbocycles. The van der Waals surface area contributed by atoms with Crippen LogP contribution < -0.4 is 0 Å². The molecule has 2 aliphatic rings. The summed E-state index contributed by atoms with van der Waals surface area (Å²) in [5.74, 6) is -0.676. The van der Waals surface area contributed by atoms with Crippen molar-refractivity contribution in [3.63, 3.8) is 0 Å². The Morgan fingerprint density at radius 2 is 1.09 bits per heavy atom. The second kappa shape index (κ2) is 28.5. The van der Waals surface area contributed by atoms with E-state index in [2.05, 4.69) is 56.1 Å². The van der Waals surface area contributed by atoms with Crippen molar-refractivity contribution in [2.75, 3.05) is 10.7 Å². The first-order valence-corrected chi connectivity index (χ1v) is 18.5. The third-order valence-corrected chi connectivity index (χ3v) is 8.21. The molecule has 246 valence electrons. The lowest BCUT2D eigenvalue weighted by atomic mass is 9.64. The molecule has 1 N–H and O–H groups in total. The van der Waals surface area contributed by atoms with Crippen molar-refractivity contribution in [1.29, 1.82) is 10.5 Å². The Morgan fingerprint density at radius 1 is 0.689 bits per heavy atom. The Morgan fingerprint density at radius 3 is 1.36 bits per heavy atom. The molecule has 0 bridgehead atoms. The quantitative estimate of drug-likeness (QED) is 0.255. The van der Waals surface area contributed by atoms with E-state index in [4.69, 9.17) is 15.6 Å². The number of rotatable bonds is 6. The summed E-state index contributed by atoms with van der Waals surface area (Å²) in [5.41, 5.74) is 2.52. The second-order valence-electron chi connectivity index (χ2n) is 9.57. The van der Waals surface area contributed by atoms with Gasteiger partial charge in [-0.1, -0.05) is 171 Å². The van der Waals surface area contributed by atoms with Gasteiger partial charge in [-0.15, -0.1) is 0 Å². The Balaban J connectivity index is 0. The molecule has 3 aromatic rings. The minimum absolute atomic E-state index is 0.138. The fourth-order valence-corrected chi connectivity index (χ4v) is 5.72. The van der Waals surface area contributed by atoms with Crippen molar-refractivity contribution in [2.24, 2.45) is 0 Å². The Bertz CT molecular complexity index is 1180. The summed E-state index contributed by atoms with van der Waals surface area (Å²) < 4.78 is 0. The summed E-state index contributed by atoms with van der Waals surface area (Å²) in [6, 6.07) is 33.9. The third-order valence-electron chi connectivity index (χ3n) is 7.08. The number of hydrogen-bond acceptors (Lipinski definition) is 3. The van der Waals surface area contributed by atoms with Gasteiger partial charge in [0, 0.05) is 10.7 Å². The van der Waals surface area contributed by atoms with Crippen LogP contribution in [-0.4, -0.2) is 21.7 Å². The van der Waals surface area contributed by atoms with Crippen LogP contribution in [0.2, 0.25) is 0 Å². The van der Waals surface area contributed by atoms with Gasteiger partial charge < -0.3 is 5.11 Å². The molecule has 0 heterocycles. The van der Waals surface area contributed by atoms with E-state index in [0.717, 1.165) is 53.9 Å². The molecule has 45 heavy (non-hydrogen) atoms. The number of carboxylic acid groups (broad SMARTS) is 1. The van der Waals surface area contributed by atoms with Crippen LogP contribution in [0.1, 0.15) is 103 Å². The van der Waals surface area contributed by atoms with Crippen LogP contribution in [-0.2, 0) is 22.0 Å². The van der Waals surface area contributed by atoms with Gasteiger partial charge in [0.25, 0.3) is 0 Å². The maximum absolute atomic E-state index is 11.1. The van der Waals surface area contributed by atoms with E-state index in [9.17, 15) is 4.79 Å². The van der Waals surface area contributed by atoms with Crippen molar-refractivity contribution in [2.45, 2.75) is 104 Å².